The van der Waals surface area contributed by atoms with Gasteiger partial charge in [-0.15, -0.1) is 10.2 Å². The van der Waals surface area contributed by atoms with Crippen LogP contribution in [0.25, 0.3) is 22.0 Å². The molecule has 2 aliphatic rings. The van der Waals surface area contributed by atoms with Crippen molar-refractivity contribution in [3.05, 3.63) is 47.8 Å². The SMILES string of the molecule is CNC(=O)c1ccc2cc(-c3ccc(N(C)[C@@H]4C[C@]5(C)CCC[C@](C)(C4)N5)nn3)c(O)cc2c1F. The minimum absolute atomic E-state index is 0.0656. The zero-order chi connectivity index (χ0) is 25.0. The summed E-state index contributed by atoms with van der Waals surface area (Å²) in [6.45, 7) is 4.64. The van der Waals surface area contributed by atoms with Gasteiger partial charge in [-0.25, -0.2) is 4.39 Å². The maximum atomic E-state index is 14.9. The van der Waals surface area contributed by atoms with Gasteiger partial charge >= 0.3 is 0 Å². The van der Waals surface area contributed by atoms with Gasteiger partial charge in [-0.3, -0.25) is 4.79 Å². The number of aromatic hydroxyl groups is 1. The van der Waals surface area contributed by atoms with E-state index in [0.717, 1.165) is 18.7 Å². The van der Waals surface area contributed by atoms with Crippen molar-refractivity contribution in [2.45, 2.75) is 63.1 Å². The minimum atomic E-state index is -0.666. The Labute approximate surface area is 204 Å². The number of piperidine rings is 2. The standard InChI is InChI=1S/C27H32FN5O2/c1-26-10-5-11-27(2,32-26)15-17(14-26)33(4)23-9-8-21(30-31-23)20-12-16-6-7-18(25(35)29-3)24(28)19(16)13-22(20)34/h6-9,12-13,17,32,34H,5,10-11,14-15H2,1-4H3,(H,29,35)/t17-,26+,27-. The van der Waals surface area contributed by atoms with Crippen LogP contribution in [0.2, 0.25) is 0 Å². The molecule has 0 unspecified atom stereocenters. The number of hydrogen-bond donors (Lipinski definition) is 3. The van der Waals surface area contributed by atoms with E-state index >= 15 is 0 Å². The Bertz CT molecular complexity index is 1280. The number of phenolic OH excluding ortho intramolecular Hbond substituents is 1. The van der Waals surface area contributed by atoms with Crippen molar-refractivity contribution in [1.82, 2.24) is 20.8 Å². The van der Waals surface area contributed by atoms with Crippen LogP contribution >= 0.6 is 0 Å². The molecule has 5 rings (SSSR count). The van der Waals surface area contributed by atoms with Crippen molar-refractivity contribution in [2.75, 3.05) is 19.0 Å². The summed E-state index contributed by atoms with van der Waals surface area (Å²) in [7, 11) is 3.52. The van der Waals surface area contributed by atoms with E-state index in [2.05, 4.69) is 46.6 Å². The number of nitrogens with zero attached hydrogens (tertiary/aromatic N) is 3. The van der Waals surface area contributed by atoms with E-state index in [4.69, 9.17) is 0 Å². The lowest BCUT2D eigenvalue weighted by atomic mass is 9.69. The van der Waals surface area contributed by atoms with Crippen LogP contribution in [-0.4, -0.2) is 52.4 Å². The number of hydrogen-bond acceptors (Lipinski definition) is 6. The smallest absolute Gasteiger partial charge is 0.254 e. The first-order chi connectivity index (χ1) is 16.6. The minimum Gasteiger partial charge on any atom is -0.507 e. The second-order valence-corrected chi connectivity index (χ2v) is 10.6. The summed E-state index contributed by atoms with van der Waals surface area (Å²) in [5.41, 5.74) is 1.17. The average molecular weight is 478 g/mol. The zero-order valence-electron chi connectivity index (χ0n) is 20.7. The van der Waals surface area contributed by atoms with Gasteiger partial charge in [-0.05, 0) is 81.7 Å². The van der Waals surface area contributed by atoms with E-state index in [1.54, 1.807) is 12.1 Å². The fourth-order valence-electron chi connectivity index (χ4n) is 6.10. The Balaban J connectivity index is 1.42. The highest BCUT2D eigenvalue weighted by atomic mass is 19.1. The Morgan fingerprint density at radius 2 is 1.86 bits per heavy atom. The third-order valence-corrected chi connectivity index (χ3v) is 7.81. The molecule has 0 aliphatic carbocycles. The molecule has 3 N–H and O–H groups in total. The first kappa shape index (κ1) is 23.5. The van der Waals surface area contributed by atoms with Gasteiger partial charge in [0, 0.05) is 42.2 Å². The molecule has 0 saturated carbocycles. The van der Waals surface area contributed by atoms with Crippen LogP contribution in [0.1, 0.15) is 56.3 Å². The molecular formula is C27H32FN5O2. The Kier molecular flexibility index (Phi) is 5.67. The zero-order valence-corrected chi connectivity index (χ0v) is 20.7. The average Bonchev–Trinajstić information content (AvgIpc) is 2.82. The lowest BCUT2D eigenvalue weighted by Gasteiger charge is -2.55. The molecule has 2 saturated heterocycles. The van der Waals surface area contributed by atoms with E-state index in [9.17, 15) is 14.3 Å². The largest absolute Gasteiger partial charge is 0.507 e. The van der Waals surface area contributed by atoms with Gasteiger partial charge in [-0.2, -0.15) is 0 Å². The molecule has 2 aromatic carbocycles. The lowest BCUT2D eigenvalue weighted by molar-refractivity contribution is 0.0784. The summed E-state index contributed by atoms with van der Waals surface area (Å²) in [5.74, 6) is -0.514. The Hall–Kier alpha value is -3.26. The number of fused-ring (bicyclic) bond motifs is 3. The molecule has 7 nitrogen and oxygen atoms in total. The maximum absolute atomic E-state index is 14.9. The Morgan fingerprint density at radius 3 is 2.49 bits per heavy atom. The summed E-state index contributed by atoms with van der Waals surface area (Å²) < 4.78 is 14.9. The van der Waals surface area contributed by atoms with E-state index < -0.39 is 11.7 Å². The number of aromatic nitrogens is 2. The van der Waals surface area contributed by atoms with Crippen molar-refractivity contribution in [2.24, 2.45) is 0 Å². The summed E-state index contributed by atoms with van der Waals surface area (Å²) in [6, 6.07) is 10.2. The molecule has 184 valence electrons. The highest BCUT2D eigenvalue weighted by molar-refractivity contribution is 6.00. The monoisotopic (exact) mass is 477 g/mol. The third-order valence-electron chi connectivity index (χ3n) is 7.81. The maximum Gasteiger partial charge on any atom is 0.254 e. The number of rotatable bonds is 4. The fraction of sp³-hybridized carbons (Fsp3) is 0.444. The summed E-state index contributed by atoms with van der Waals surface area (Å²) in [6.07, 6.45) is 5.74. The molecule has 2 fully saturated rings. The molecular weight excluding hydrogens is 445 g/mol. The fourth-order valence-corrected chi connectivity index (χ4v) is 6.10. The van der Waals surface area contributed by atoms with Crippen LogP contribution in [0.5, 0.6) is 5.75 Å². The van der Waals surface area contributed by atoms with Crippen LogP contribution in [-0.2, 0) is 0 Å². The topological polar surface area (TPSA) is 90.4 Å². The number of phenols is 1. The molecule has 2 aliphatic heterocycles. The number of halogens is 1. The van der Waals surface area contributed by atoms with Crippen molar-refractivity contribution in [3.8, 4) is 17.0 Å². The summed E-state index contributed by atoms with van der Waals surface area (Å²) >= 11 is 0. The van der Waals surface area contributed by atoms with E-state index in [1.807, 2.05) is 12.1 Å². The number of benzene rings is 2. The van der Waals surface area contributed by atoms with Gasteiger partial charge in [0.05, 0.1) is 11.3 Å². The van der Waals surface area contributed by atoms with Gasteiger partial charge in [0.25, 0.3) is 5.91 Å². The van der Waals surface area contributed by atoms with Crippen molar-refractivity contribution >= 4 is 22.5 Å². The molecule has 2 bridgehead atoms. The highest BCUT2D eigenvalue weighted by Gasteiger charge is 2.46. The van der Waals surface area contributed by atoms with Gasteiger partial charge in [0.1, 0.15) is 11.6 Å². The molecule has 0 spiro atoms. The van der Waals surface area contributed by atoms with E-state index in [-0.39, 0.29) is 27.8 Å². The van der Waals surface area contributed by atoms with Crippen LogP contribution < -0.4 is 15.5 Å². The van der Waals surface area contributed by atoms with Gasteiger partial charge in [0.2, 0.25) is 0 Å². The predicted octanol–water partition coefficient (Wildman–Crippen LogP) is 4.39. The number of carbonyl (C=O) groups is 1. The van der Waals surface area contributed by atoms with Crippen molar-refractivity contribution < 1.29 is 14.3 Å². The van der Waals surface area contributed by atoms with Gasteiger partial charge < -0.3 is 20.6 Å². The molecule has 1 amide bonds. The number of anilines is 1. The molecule has 8 heteroatoms. The van der Waals surface area contributed by atoms with Crippen LogP contribution in [0.15, 0.2) is 36.4 Å². The number of amides is 1. The van der Waals surface area contributed by atoms with Crippen LogP contribution in [0, 0.1) is 5.82 Å². The van der Waals surface area contributed by atoms with Crippen molar-refractivity contribution in [3.63, 3.8) is 0 Å². The second-order valence-electron chi connectivity index (χ2n) is 10.6. The molecule has 1 aromatic heterocycles. The molecule has 3 aromatic rings. The quantitative estimate of drug-likeness (QED) is 0.516. The molecule has 3 heterocycles. The lowest BCUT2D eigenvalue weighted by Crippen LogP contribution is -2.66. The number of carbonyl (C=O) groups excluding carboxylic acids is 1. The van der Waals surface area contributed by atoms with E-state index in [1.165, 1.54) is 38.4 Å². The molecule has 3 atom stereocenters. The Morgan fingerprint density at radius 1 is 1.14 bits per heavy atom. The number of nitrogens with one attached hydrogen (secondary N) is 2. The van der Waals surface area contributed by atoms with Gasteiger partial charge in [0.15, 0.2) is 5.82 Å². The predicted molar refractivity (Wildman–Crippen MR) is 135 cm³/mol. The molecule has 0 radical (unpaired) electrons. The second kappa shape index (κ2) is 8.45. The van der Waals surface area contributed by atoms with Gasteiger partial charge in [-0.1, -0.05) is 6.07 Å². The summed E-state index contributed by atoms with van der Waals surface area (Å²) in [5, 5.41) is 26.6. The first-order valence-electron chi connectivity index (χ1n) is 12.1. The van der Waals surface area contributed by atoms with Crippen LogP contribution in [0.4, 0.5) is 10.2 Å². The van der Waals surface area contributed by atoms with Crippen molar-refractivity contribution in [1.29, 1.82) is 0 Å². The van der Waals surface area contributed by atoms with Crippen LogP contribution in [0.3, 0.4) is 0 Å². The summed E-state index contributed by atoms with van der Waals surface area (Å²) in [4.78, 5) is 14.1. The third kappa shape index (κ3) is 4.20. The highest BCUT2D eigenvalue weighted by Crippen LogP contribution is 2.42. The first-order valence-corrected chi connectivity index (χ1v) is 12.1. The normalized spacial score (nSPS) is 25.9. The molecule has 35 heavy (non-hydrogen) atoms. The van der Waals surface area contributed by atoms with E-state index in [0.29, 0.717) is 22.7 Å².